The molecule has 36 heavy (non-hydrogen) atoms. The maximum absolute atomic E-state index is 13.3. The van der Waals surface area contributed by atoms with Crippen molar-refractivity contribution in [1.29, 1.82) is 0 Å². The number of amides is 3. The van der Waals surface area contributed by atoms with E-state index in [0.717, 1.165) is 16.5 Å². The Morgan fingerprint density at radius 3 is 2.25 bits per heavy atom. The average Bonchev–Trinajstić information content (AvgIpc) is 3.24. The SMILES string of the molecule is CC(C)CC(NC(=O)C(Cc1c[nH]c2ccccc12)NC(=O)CN)C(=O)NC(CCCCN)C(=O)O. The molecule has 2 aromatic rings. The van der Waals surface area contributed by atoms with Crippen LogP contribution in [0.15, 0.2) is 30.5 Å². The third-order valence-electron chi connectivity index (χ3n) is 5.84. The summed E-state index contributed by atoms with van der Waals surface area (Å²) in [5.74, 6) is -2.77. The van der Waals surface area contributed by atoms with Crippen LogP contribution in [0.4, 0.5) is 0 Å². The number of benzene rings is 1. The summed E-state index contributed by atoms with van der Waals surface area (Å²) in [5.41, 5.74) is 12.6. The molecule has 0 aliphatic rings. The summed E-state index contributed by atoms with van der Waals surface area (Å²) in [6.07, 6.45) is 3.66. The Kier molecular flexibility index (Phi) is 11.4. The zero-order valence-electron chi connectivity index (χ0n) is 20.9. The lowest BCUT2D eigenvalue weighted by Crippen LogP contribution is -2.57. The molecule has 1 heterocycles. The van der Waals surface area contributed by atoms with Crippen LogP contribution in [0.2, 0.25) is 0 Å². The number of hydrogen-bond donors (Lipinski definition) is 7. The van der Waals surface area contributed by atoms with E-state index in [1.807, 2.05) is 38.1 Å². The maximum Gasteiger partial charge on any atom is 0.326 e. The Labute approximate surface area is 210 Å². The van der Waals surface area contributed by atoms with Crippen molar-refractivity contribution in [3.8, 4) is 0 Å². The molecular formula is C25H38N6O5. The molecule has 11 nitrogen and oxygen atoms in total. The average molecular weight is 503 g/mol. The summed E-state index contributed by atoms with van der Waals surface area (Å²) in [7, 11) is 0. The van der Waals surface area contributed by atoms with Crippen LogP contribution in [0.1, 0.15) is 45.1 Å². The number of rotatable bonds is 15. The molecule has 1 aromatic carbocycles. The van der Waals surface area contributed by atoms with Crippen molar-refractivity contribution in [3.05, 3.63) is 36.0 Å². The third-order valence-corrected chi connectivity index (χ3v) is 5.84. The van der Waals surface area contributed by atoms with Gasteiger partial charge in [0.05, 0.1) is 6.54 Å². The fraction of sp³-hybridized carbons (Fsp3) is 0.520. The van der Waals surface area contributed by atoms with Crippen molar-refractivity contribution in [1.82, 2.24) is 20.9 Å². The van der Waals surface area contributed by atoms with Gasteiger partial charge in [-0.3, -0.25) is 14.4 Å². The number of carboxylic acid groups (broad SMARTS) is 1. The van der Waals surface area contributed by atoms with E-state index in [0.29, 0.717) is 19.4 Å². The van der Waals surface area contributed by atoms with Crippen molar-refractivity contribution in [2.24, 2.45) is 17.4 Å². The molecule has 1 aromatic heterocycles. The number of aromatic nitrogens is 1. The minimum Gasteiger partial charge on any atom is -0.480 e. The second-order valence-electron chi connectivity index (χ2n) is 9.26. The number of fused-ring (bicyclic) bond motifs is 1. The first-order valence-corrected chi connectivity index (χ1v) is 12.2. The quantitative estimate of drug-likeness (QED) is 0.171. The number of nitrogens with one attached hydrogen (secondary N) is 4. The first-order valence-electron chi connectivity index (χ1n) is 12.2. The number of H-pyrrole nitrogens is 1. The fourth-order valence-corrected chi connectivity index (χ4v) is 3.98. The number of aromatic amines is 1. The first-order chi connectivity index (χ1) is 17.2. The Morgan fingerprint density at radius 2 is 1.61 bits per heavy atom. The molecule has 0 radical (unpaired) electrons. The molecule has 0 aliphatic carbocycles. The van der Waals surface area contributed by atoms with Crippen LogP contribution in [0, 0.1) is 5.92 Å². The van der Waals surface area contributed by atoms with Crippen LogP contribution < -0.4 is 27.4 Å². The van der Waals surface area contributed by atoms with Gasteiger partial charge in [0.2, 0.25) is 17.7 Å². The molecule has 3 amide bonds. The van der Waals surface area contributed by atoms with Crippen molar-refractivity contribution in [2.45, 2.75) is 64.1 Å². The number of aliphatic carboxylic acids is 1. The second-order valence-corrected chi connectivity index (χ2v) is 9.26. The van der Waals surface area contributed by atoms with E-state index in [9.17, 15) is 24.3 Å². The first kappa shape index (κ1) is 28.8. The van der Waals surface area contributed by atoms with Crippen LogP contribution in [-0.2, 0) is 25.6 Å². The van der Waals surface area contributed by atoms with E-state index < -0.39 is 41.8 Å². The molecule has 0 aliphatic heterocycles. The lowest BCUT2D eigenvalue weighted by Gasteiger charge is -2.25. The topological polar surface area (TPSA) is 192 Å². The molecule has 0 saturated carbocycles. The van der Waals surface area contributed by atoms with Crippen LogP contribution in [0.25, 0.3) is 10.9 Å². The van der Waals surface area contributed by atoms with Crippen molar-refractivity contribution < 1.29 is 24.3 Å². The summed E-state index contributed by atoms with van der Waals surface area (Å²) >= 11 is 0. The molecule has 0 spiro atoms. The molecule has 3 unspecified atom stereocenters. The van der Waals surface area contributed by atoms with E-state index in [-0.39, 0.29) is 31.7 Å². The zero-order chi connectivity index (χ0) is 26.7. The Balaban J connectivity index is 2.20. The standard InChI is InChI=1S/C25H38N6O5/c1-15(2)11-20(23(33)30-19(25(35)36)9-5-6-10-26)31-24(34)21(29-22(32)13-27)12-16-14-28-18-8-4-3-7-17(16)18/h3-4,7-8,14-15,19-21,28H,5-6,9-13,26-27H2,1-2H3,(H,29,32)(H,30,33)(H,31,34)(H,35,36). The van der Waals surface area contributed by atoms with Gasteiger partial charge in [0.15, 0.2) is 0 Å². The molecule has 0 saturated heterocycles. The fourth-order valence-electron chi connectivity index (χ4n) is 3.98. The van der Waals surface area contributed by atoms with Gasteiger partial charge in [0.1, 0.15) is 18.1 Å². The second kappa shape index (κ2) is 14.2. The predicted octanol–water partition coefficient (Wildman–Crippen LogP) is 0.383. The summed E-state index contributed by atoms with van der Waals surface area (Å²) < 4.78 is 0. The van der Waals surface area contributed by atoms with Crippen LogP contribution >= 0.6 is 0 Å². The van der Waals surface area contributed by atoms with Crippen LogP contribution in [-0.4, -0.2) is 65.0 Å². The molecule has 198 valence electrons. The van der Waals surface area contributed by atoms with E-state index >= 15 is 0 Å². The number of para-hydroxylation sites is 1. The zero-order valence-corrected chi connectivity index (χ0v) is 20.9. The molecule has 3 atom stereocenters. The minimum atomic E-state index is -1.15. The van der Waals surface area contributed by atoms with Crippen molar-refractivity contribution in [2.75, 3.05) is 13.1 Å². The smallest absolute Gasteiger partial charge is 0.326 e. The normalized spacial score (nSPS) is 13.7. The number of carbonyl (C=O) groups is 4. The van der Waals surface area contributed by atoms with Gasteiger partial charge in [0, 0.05) is 23.5 Å². The summed E-state index contributed by atoms with van der Waals surface area (Å²) in [4.78, 5) is 53.2. The Morgan fingerprint density at radius 1 is 0.944 bits per heavy atom. The monoisotopic (exact) mass is 502 g/mol. The molecule has 2 rings (SSSR count). The van der Waals surface area contributed by atoms with Gasteiger partial charge in [-0.1, -0.05) is 32.0 Å². The van der Waals surface area contributed by atoms with E-state index in [1.165, 1.54) is 0 Å². The van der Waals surface area contributed by atoms with Gasteiger partial charge in [-0.25, -0.2) is 4.79 Å². The summed E-state index contributed by atoms with van der Waals surface area (Å²) in [6.45, 7) is 3.92. The minimum absolute atomic E-state index is 0.0345. The molecule has 0 bridgehead atoms. The number of nitrogens with two attached hydrogens (primary N) is 2. The van der Waals surface area contributed by atoms with Gasteiger partial charge >= 0.3 is 5.97 Å². The van der Waals surface area contributed by atoms with Gasteiger partial charge in [0.25, 0.3) is 0 Å². The summed E-state index contributed by atoms with van der Waals surface area (Å²) in [6, 6.07) is 4.53. The van der Waals surface area contributed by atoms with E-state index in [1.54, 1.807) is 6.20 Å². The highest BCUT2D eigenvalue weighted by atomic mass is 16.4. The van der Waals surface area contributed by atoms with E-state index in [2.05, 4.69) is 20.9 Å². The van der Waals surface area contributed by atoms with Gasteiger partial charge in [-0.15, -0.1) is 0 Å². The highest BCUT2D eigenvalue weighted by Crippen LogP contribution is 2.19. The van der Waals surface area contributed by atoms with Gasteiger partial charge in [-0.2, -0.15) is 0 Å². The largest absolute Gasteiger partial charge is 0.480 e. The highest BCUT2D eigenvalue weighted by Gasteiger charge is 2.30. The number of carbonyl (C=O) groups excluding carboxylic acids is 3. The number of hydrogen-bond acceptors (Lipinski definition) is 6. The molecule has 11 heteroatoms. The van der Waals surface area contributed by atoms with Crippen LogP contribution in [0.3, 0.4) is 0 Å². The highest BCUT2D eigenvalue weighted by molar-refractivity contribution is 5.94. The van der Waals surface area contributed by atoms with Gasteiger partial charge < -0.3 is 37.5 Å². The van der Waals surface area contributed by atoms with Gasteiger partial charge in [-0.05, 0) is 49.8 Å². The lowest BCUT2D eigenvalue weighted by atomic mass is 10.00. The third kappa shape index (κ3) is 8.65. The lowest BCUT2D eigenvalue weighted by molar-refractivity contribution is -0.142. The summed E-state index contributed by atoms with van der Waals surface area (Å²) in [5, 5.41) is 18.3. The van der Waals surface area contributed by atoms with Crippen molar-refractivity contribution >= 4 is 34.6 Å². The van der Waals surface area contributed by atoms with Crippen molar-refractivity contribution in [3.63, 3.8) is 0 Å². The van der Waals surface area contributed by atoms with E-state index in [4.69, 9.17) is 11.5 Å². The predicted molar refractivity (Wildman–Crippen MR) is 137 cm³/mol. The number of carboxylic acids is 1. The molecular weight excluding hydrogens is 464 g/mol. The Hall–Kier alpha value is -3.44. The number of unbranched alkanes of at least 4 members (excludes halogenated alkanes) is 1. The maximum atomic E-state index is 13.3. The Bertz CT molecular complexity index is 1040. The molecule has 0 fully saturated rings. The molecule has 9 N–H and O–H groups in total. The van der Waals surface area contributed by atoms with Crippen LogP contribution in [0.5, 0.6) is 0 Å².